The summed E-state index contributed by atoms with van der Waals surface area (Å²) in [4.78, 5) is 11.7. The molecule has 3 nitrogen and oxygen atoms in total. The van der Waals surface area contributed by atoms with Gasteiger partial charge in [-0.2, -0.15) is 0 Å². The highest BCUT2D eigenvalue weighted by atomic mass is 16.1. The van der Waals surface area contributed by atoms with Crippen LogP contribution in [-0.2, 0) is 4.79 Å². The minimum Gasteiger partial charge on any atom is -0.350 e. The molecule has 3 heteroatoms. The summed E-state index contributed by atoms with van der Waals surface area (Å²) in [7, 11) is 0. The van der Waals surface area contributed by atoms with Crippen molar-refractivity contribution < 1.29 is 4.79 Å². The Labute approximate surface area is 109 Å². The van der Waals surface area contributed by atoms with E-state index in [0.717, 1.165) is 12.1 Å². The molecule has 1 amide bonds. The lowest BCUT2D eigenvalue weighted by Crippen LogP contribution is -2.30. The van der Waals surface area contributed by atoms with Crippen LogP contribution < -0.4 is 10.6 Å². The van der Waals surface area contributed by atoms with Gasteiger partial charge in [-0.25, -0.2) is 0 Å². The SMILES string of the molecule is Cc1ccc(C(C)NC(=O)CCNC2CC2)cc1. The molecule has 98 valence electrons. The maximum Gasteiger partial charge on any atom is 0.221 e. The predicted molar refractivity (Wildman–Crippen MR) is 73.4 cm³/mol. The van der Waals surface area contributed by atoms with Gasteiger partial charge in [0.2, 0.25) is 5.91 Å². The molecule has 0 radical (unpaired) electrons. The Balaban J connectivity index is 1.73. The van der Waals surface area contributed by atoms with E-state index in [1.165, 1.54) is 18.4 Å². The summed E-state index contributed by atoms with van der Waals surface area (Å²) >= 11 is 0. The third-order valence-corrected chi connectivity index (χ3v) is 3.32. The molecule has 1 fully saturated rings. The number of hydrogen-bond donors (Lipinski definition) is 2. The lowest BCUT2D eigenvalue weighted by atomic mass is 10.1. The maximum absolute atomic E-state index is 11.7. The summed E-state index contributed by atoms with van der Waals surface area (Å²) in [6.45, 7) is 4.88. The second-order valence-electron chi connectivity index (χ2n) is 5.18. The van der Waals surface area contributed by atoms with E-state index in [4.69, 9.17) is 0 Å². The van der Waals surface area contributed by atoms with E-state index in [9.17, 15) is 4.79 Å². The predicted octanol–water partition coefficient (Wildman–Crippen LogP) is 2.31. The van der Waals surface area contributed by atoms with Crippen LogP contribution in [-0.4, -0.2) is 18.5 Å². The first-order valence-electron chi connectivity index (χ1n) is 6.74. The fraction of sp³-hybridized carbons (Fsp3) is 0.533. The molecule has 2 rings (SSSR count). The van der Waals surface area contributed by atoms with Crippen LogP contribution in [0, 0.1) is 6.92 Å². The molecule has 1 aromatic carbocycles. The topological polar surface area (TPSA) is 41.1 Å². The summed E-state index contributed by atoms with van der Waals surface area (Å²) in [5.41, 5.74) is 2.40. The monoisotopic (exact) mass is 246 g/mol. The molecule has 0 aliphatic heterocycles. The van der Waals surface area contributed by atoms with Crippen LogP contribution in [0.25, 0.3) is 0 Å². The first-order chi connectivity index (χ1) is 8.65. The van der Waals surface area contributed by atoms with Gasteiger partial charge in [-0.3, -0.25) is 4.79 Å². The molecule has 0 aromatic heterocycles. The molecule has 1 aliphatic rings. The lowest BCUT2D eigenvalue weighted by Gasteiger charge is -2.14. The highest BCUT2D eigenvalue weighted by molar-refractivity contribution is 5.76. The Bertz CT molecular complexity index is 395. The minimum absolute atomic E-state index is 0.0824. The van der Waals surface area contributed by atoms with Gasteiger partial charge in [0.05, 0.1) is 6.04 Å². The van der Waals surface area contributed by atoms with Gasteiger partial charge in [-0.05, 0) is 32.3 Å². The van der Waals surface area contributed by atoms with Crippen molar-refractivity contribution in [3.63, 3.8) is 0 Å². The van der Waals surface area contributed by atoms with Gasteiger partial charge in [0.15, 0.2) is 0 Å². The quantitative estimate of drug-likeness (QED) is 0.808. The average Bonchev–Trinajstić information content (AvgIpc) is 3.13. The molecule has 0 heterocycles. The van der Waals surface area contributed by atoms with Crippen molar-refractivity contribution in [1.29, 1.82) is 0 Å². The summed E-state index contributed by atoms with van der Waals surface area (Å²) in [5, 5.41) is 6.38. The largest absolute Gasteiger partial charge is 0.350 e. The third kappa shape index (κ3) is 4.15. The normalized spacial score (nSPS) is 16.3. The molecule has 2 N–H and O–H groups in total. The average molecular weight is 246 g/mol. The van der Waals surface area contributed by atoms with E-state index < -0.39 is 0 Å². The first-order valence-corrected chi connectivity index (χ1v) is 6.74. The van der Waals surface area contributed by atoms with Crippen molar-refractivity contribution in [3.05, 3.63) is 35.4 Å². The van der Waals surface area contributed by atoms with Crippen molar-refractivity contribution in [2.24, 2.45) is 0 Å². The molecule has 1 saturated carbocycles. The molecule has 1 atom stereocenters. The summed E-state index contributed by atoms with van der Waals surface area (Å²) < 4.78 is 0. The number of carbonyl (C=O) groups excluding carboxylic acids is 1. The zero-order chi connectivity index (χ0) is 13.0. The molecule has 1 unspecified atom stereocenters. The van der Waals surface area contributed by atoms with E-state index in [-0.39, 0.29) is 11.9 Å². The van der Waals surface area contributed by atoms with Gasteiger partial charge >= 0.3 is 0 Å². The second kappa shape index (κ2) is 6.01. The number of amides is 1. The van der Waals surface area contributed by atoms with Crippen LogP contribution in [0.5, 0.6) is 0 Å². The lowest BCUT2D eigenvalue weighted by molar-refractivity contribution is -0.121. The van der Waals surface area contributed by atoms with Gasteiger partial charge in [-0.1, -0.05) is 29.8 Å². The Kier molecular flexibility index (Phi) is 4.37. The zero-order valence-electron chi connectivity index (χ0n) is 11.2. The van der Waals surface area contributed by atoms with Gasteiger partial charge in [0.25, 0.3) is 0 Å². The van der Waals surface area contributed by atoms with E-state index in [1.54, 1.807) is 0 Å². The van der Waals surface area contributed by atoms with Crippen LogP contribution >= 0.6 is 0 Å². The standard InChI is InChI=1S/C15H22N2O/c1-11-3-5-13(6-4-11)12(2)17-15(18)9-10-16-14-7-8-14/h3-6,12,14,16H,7-10H2,1-2H3,(H,17,18). The minimum atomic E-state index is 0.0824. The third-order valence-electron chi connectivity index (χ3n) is 3.32. The van der Waals surface area contributed by atoms with Gasteiger partial charge < -0.3 is 10.6 Å². The number of nitrogens with one attached hydrogen (secondary N) is 2. The Morgan fingerprint density at radius 3 is 2.61 bits per heavy atom. The van der Waals surface area contributed by atoms with Crippen LogP contribution in [0.3, 0.4) is 0 Å². The maximum atomic E-state index is 11.7. The van der Waals surface area contributed by atoms with Crippen LogP contribution in [0.15, 0.2) is 24.3 Å². The van der Waals surface area contributed by atoms with Crippen molar-refractivity contribution in [2.45, 2.75) is 45.2 Å². The van der Waals surface area contributed by atoms with E-state index in [2.05, 4.69) is 41.8 Å². The fourth-order valence-electron chi connectivity index (χ4n) is 1.93. The van der Waals surface area contributed by atoms with E-state index >= 15 is 0 Å². The molecule has 1 aliphatic carbocycles. The van der Waals surface area contributed by atoms with E-state index in [0.29, 0.717) is 12.5 Å². The molecule has 0 saturated heterocycles. The second-order valence-corrected chi connectivity index (χ2v) is 5.18. The van der Waals surface area contributed by atoms with Crippen LogP contribution in [0.1, 0.15) is 43.4 Å². The number of rotatable bonds is 6. The van der Waals surface area contributed by atoms with Crippen LogP contribution in [0.2, 0.25) is 0 Å². The Hall–Kier alpha value is -1.35. The van der Waals surface area contributed by atoms with Gasteiger partial charge in [0, 0.05) is 19.0 Å². The zero-order valence-corrected chi connectivity index (χ0v) is 11.2. The highest BCUT2D eigenvalue weighted by Gasteiger charge is 2.20. The van der Waals surface area contributed by atoms with Crippen molar-refractivity contribution in [2.75, 3.05) is 6.54 Å². The molecule has 18 heavy (non-hydrogen) atoms. The number of hydrogen-bond acceptors (Lipinski definition) is 2. The smallest absolute Gasteiger partial charge is 0.221 e. The number of carbonyl (C=O) groups is 1. The van der Waals surface area contributed by atoms with Crippen molar-refractivity contribution in [3.8, 4) is 0 Å². The van der Waals surface area contributed by atoms with Crippen molar-refractivity contribution >= 4 is 5.91 Å². The summed E-state index contributed by atoms with van der Waals surface area (Å²) in [6, 6.07) is 9.05. The molecule has 0 bridgehead atoms. The van der Waals surface area contributed by atoms with Gasteiger partial charge in [-0.15, -0.1) is 0 Å². The molecular weight excluding hydrogens is 224 g/mol. The van der Waals surface area contributed by atoms with E-state index in [1.807, 2.05) is 6.92 Å². The van der Waals surface area contributed by atoms with Crippen molar-refractivity contribution in [1.82, 2.24) is 10.6 Å². The molecule has 0 spiro atoms. The fourth-order valence-corrected chi connectivity index (χ4v) is 1.93. The Morgan fingerprint density at radius 2 is 2.00 bits per heavy atom. The number of benzene rings is 1. The first kappa shape index (κ1) is 13.1. The molecular formula is C15H22N2O. The number of aryl methyl sites for hydroxylation is 1. The summed E-state index contributed by atoms with van der Waals surface area (Å²) in [5.74, 6) is 0.122. The van der Waals surface area contributed by atoms with Crippen LogP contribution in [0.4, 0.5) is 0 Å². The molecule has 1 aromatic rings. The Morgan fingerprint density at radius 1 is 1.33 bits per heavy atom. The highest BCUT2D eigenvalue weighted by Crippen LogP contribution is 2.18. The van der Waals surface area contributed by atoms with Gasteiger partial charge in [0.1, 0.15) is 0 Å². The summed E-state index contributed by atoms with van der Waals surface area (Å²) in [6.07, 6.45) is 3.09.